The summed E-state index contributed by atoms with van der Waals surface area (Å²) >= 11 is 0. The van der Waals surface area contributed by atoms with Crippen molar-refractivity contribution in [2.75, 3.05) is 13.2 Å². The molecule has 162 valence electrons. The highest BCUT2D eigenvalue weighted by Gasteiger charge is 2.33. The molecule has 1 aromatic rings. The van der Waals surface area contributed by atoms with Crippen molar-refractivity contribution in [2.24, 2.45) is 5.92 Å². The number of aliphatic hydroxyl groups is 1. The van der Waals surface area contributed by atoms with Crippen molar-refractivity contribution in [2.45, 2.75) is 68.9 Å². The molecule has 3 atom stereocenters. The van der Waals surface area contributed by atoms with Gasteiger partial charge < -0.3 is 15.2 Å². The highest BCUT2D eigenvalue weighted by molar-refractivity contribution is 7.88. The molecule has 1 saturated carbocycles. The quantitative estimate of drug-likeness (QED) is 0.560. The van der Waals surface area contributed by atoms with Gasteiger partial charge in [0.05, 0.1) is 30.6 Å². The predicted octanol–water partition coefficient (Wildman–Crippen LogP) is 1.71. The van der Waals surface area contributed by atoms with Crippen molar-refractivity contribution in [1.29, 1.82) is 0 Å². The van der Waals surface area contributed by atoms with Crippen LogP contribution in [0, 0.1) is 5.92 Å². The Morgan fingerprint density at radius 3 is 2.52 bits per heavy atom. The summed E-state index contributed by atoms with van der Waals surface area (Å²) in [7, 11) is -3.53. The summed E-state index contributed by atoms with van der Waals surface area (Å²) in [5.41, 5.74) is 0.716. The van der Waals surface area contributed by atoms with Crippen LogP contribution in [0.1, 0.15) is 50.5 Å². The lowest BCUT2D eigenvalue weighted by Crippen LogP contribution is -2.51. The molecule has 1 aliphatic carbocycles. The monoisotopic (exact) mass is 424 g/mol. The summed E-state index contributed by atoms with van der Waals surface area (Å²) in [5, 5.41) is 12.7. The second-order valence-electron chi connectivity index (χ2n) is 8.09. The molecule has 0 unspecified atom stereocenters. The summed E-state index contributed by atoms with van der Waals surface area (Å²) in [4.78, 5) is 12.1. The van der Waals surface area contributed by atoms with Gasteiger partial charge in [0.1, 0.15) is 0 Å². The van der Waals surface area contributed by atoms with Gasteiger partial charge in [-0.3, -0.25) is 4.79 Å². The number of sulfonamides is 1. The van der Waals surface area contributed by atoms with Gasteiger partial charge in [-0.2, -0.15) is 0 Å². The lowest BCUT2D eigenvalue weighted by molar-refractivity contribution is -0.125. The first-order valence-electron chi connectivity index (χ1n) is 10.5. The van der Waals surface area contributed by atoms with E-state index in [4.69, 9.17) is 4.74 Å². The molecule has 0 bridgehead atoms. The number of nitrogens with one attached hydrogen (secondary N) is 2. The Bertz CT molecular complexity index is 750. The molecule has 1 saturated heterocycles. The standard InChI is InChI=1S/C21H32N2O5S/c24-14-20-19(23-29(26,27)15-16-6-2-1-3-7-16)11-10-18(28-20)12-13-22-21(25)17-8-4-5-9-17/h1-3,6-7,17-20,23-24H,4-5,8-15H2,(H,22,25)/t18-,19+,20-/m1/s1. The average Bonchev–Trinajstić information content (AvgIpc) is 3.24. The molecule has 1 aliphatic heterocycles. The molecule has 1 aromatic carbocycles. The first-order valence-corrected chi connectivity index (χ1v) is 12.2. The van der Waals surface area contributed by atoms with Crippen LogP contribution < -0.4 is 10.0 Å². The smallest absolute Gasteiger partial charge is 0.223 e. The van der Waals surface area contributed by atoms with Crippen molar-refractivity contribution in [3.05, 3.63) is 35.9 Å². The first kappa shape index (κ1) is 22.2. The third-order valence-electron chi connectivity index (χ3n) is 5.82. The van der Waals surface area contributed by atoms with Crippen molar-refractivity contribution < 1.29 is 23.1 Å². The van der Waals surface area contributed by atoms with Gasteiger partial charge in [0.25, 0.3) is 0 Å². The highest BCUT2D eigenvalue weighted by atomic mass is 32.2. The number of rotatable bonds is 9. The summed E-state index contributed by atoms with van der Waals surface area (Å²) in [6, 6.07) is 8.56. The number of aliphatic hydroxyl groups excluding tert-OH is 1. The normalized spacial score (nSPS) is 25.8. The molecule has 1 amide bonds. The topological polar surface area (TPSA) is 105 Å². The Kier molecular flexibility index (Phi) is 8.06. The van der Waals surface area contributed by atoms with Gasteiger partial charge in [0.15, 0.2) is 0 Å². The fourth-order valence-corrected chi connectivity index (χ4v) is 5.68. The van der Waals surface area contributed by atoms with Crippen LogP contribution in [-0.4, -0.2) is 50.8 Å². The van der Waals surface area contributed by atoms with Gasteiger partial charge in [-0.15, -0.1) is 0 Å². The minimum absolute atomic E-state index is 0.0918. The number of hydrogen-bond donors (Lipinski definition) is 3. The van der Waals surface area contributed by atoms with E-state index in [0.29, 0.717) is 31.4 Å². The fourth-order valence-electron chi connectivity index (χ4n) is 4.23. The maximum Gasteiger partial charge on any atom is 0.223 e. The summed E-state index contributed by atoms with van der Waals surface area (Å²) in [5.74, 6) is 0.179. The van der Waals surface area contributed by atoms with E-state index in [1.165, 1.54) is 0 Å². The van der Waals surface area contributed by atoms with Gasteiger partial charge in [0.2, 0.25) is 15.9 Å². The van der Waals surface area contributed by atoms with E-state index >= 15 is 0 Å². The van der Waals surface area contributed by atoms with Gasteiger partial charge in [-0.1, -0.05) is 43.2 Å². The third-order valence-corrected chi connectivity index (χ3v) is 7.19. The van der Waals surface area contributed by atoms with Crippen LogP contribution in [0.15, 0.2) is 30.3 Å². The molecule has 3 rings (SSSR count). The fraction of sp³-hybridized carbons (Fsp3) is 0.667. The molecule has 8 heteroatoms. The van der Waals surface area contributed by atoms with E-state index in [2.05, 4.69) is 10.0 Å². The van der Waals surface area contributed by atoms with Crippen LogP contribution in [0.25, 0.3) is 0 Å². The van der Waals surface area contributed by atoms with Crippen molar-refractivity contribution in [3.63, 3.8) is 0 Å². The molecule has 7 nitrogen and oxygen atoms in total. The van der Waals surface area contributed by atoms with Crippen molar-refractivity contribution >= 4 is 15.9 Å². The molecule has 29 heavy (non-hydrogen) atoms. The number of benzene rings is 1. The van der Waals surface area contributed by atoms with Crippen LogP contribution in [0.3, 0.4) is 0 Å². The first-order chi connectivity index (χ1) is 14.0. The van der Waals surface area contributed by atoms with Gasteiger partial charge >= 0.3 is 0 Å². The molecule has 0 spiro atoms. The molecule has 3 N–H and O–H groups in total. The number of carbonyl (C=O) groups excluding carboxylic acids is 1. The predicted molar refractivity (Wildman–Crippen MR) is 111 cm³/mol. The van der Waals surface area contributed by atoms with Crippen LogP contribution in [-0.2, 0) is 25.3 Å². The Labute approximate surface area is 173 Å². The van der Waals surface area contributed by atoms with E-state index in [0.717, 1.165) is 25.7 Å². The van der Waals surface area contributed by atoms with Gasteiger partial charge in [-0.25, -0.2) is 13.1 Å². The Hall–Kier alpha value is -1.48. The minimum atomic E-state index is -3.53. The number of carbonyl (C=O) groups is 1. The van der Waals surface area contributed by atoms with E-state index in [9.17, 15) is 18.3 Å². The average molecular weight is 425 g/mol. The van der Waals surface area contributed by atoms with E-state index < -0.39 is 22.2 Å². The molecular weight excluding hydrogens is 392 g/mol. The maximum atomic E-state index is 12.5. The minimum Gasteiger partial charge on any atom is -0.394 e. The van der Waals surface area contributed by atoms with Crippen LogP contribution in [0.4, 0.5) is 0 Å². The maximum absolute atomic E-state index is 12.5. The largest absolute Gasteiger partial charge is 0.394 e. The lowest BCUT2D eigenvalue weighted by Gasteiger charge is -2.36. The van der Waals surface area contributed by atoms with Crippen molar-refractivity contribution in [3.8, 4) is 0 Å². The van der Waals surface area contributed by atoms with Gasteiger partial charge in [0, 0.05) is 12.5 Å². The SMILES string of the molecule is O=C(NCC[C@H]1CC[C@H](NS(=O)(=O)Cc2ccccc2)[C@@H](CO)O1)C1CCCC1. The van der Waals surface area contributed by atoms with Crippen LogP contribution >= 0.6 is 0 Å². The van der Waals surface area contributed by atoms with Crippen LogP contribution in [0.2, 0.25) is 0 Å². The molecule has 1 heterocycles. The van der Waals surface area contributed by atoms with E-state index in [-0.39, 0.29) is 30.3 Å². The number of hydrogen-bond acceptors (Lipinski definition) is 5. The molecule has 2 aliphatic rings. The summed E-state index contributed by atoms with van der Waals surface area (Å²) in [6.07, 6.45) is 5.49. The zero-order valence-corrected chi connectivity index (χ0v) is 17.6. The van der Waals surface area contributed by atoms with E-state index in [1.54, 1.807) is 24.3 Å². The zero-order valence-electron chi connectivity index (χ0n) is 16.8. The Morgan fingerprint density at radius 1 is 1.10 bits per heavy atom. The molecule has 0 aromatic heterocycles. The van der Waals surface area contributed by atoms with Gasteiger partial charge in [-0.05, 0) is 37.7 Å². The summed E-state index contributed by atoms with van der Waals surface area (Å²) in [6.45, 7) is 0.298. The summed E-state index contributed by atoms with van der Waals surface area (Å²) < 4.78 is 33.6. The molecular formula is C21H32N2O5S. The lowest BCUT2D eigenvalue weighted by atomic mass is 9.98. The Morgan fingerprint density at radius 2 is 1.83 bits per heavy atom. The Balaban J connectivity index is 1.44. The second kappa shape index (κ2) is 10.5. The third kappa shape index (κ3) is 6.77. The van der Waals surface area contributed by atoms with E-state index in [1.807, 2.05) is 6.07 Å². The number of amides is 1. The molecule has 0 radical (unpaired) electrons. The second-order valence-corrected chi connectivity index (χ2v) is 9.84. The number of ether oxygens (including phenoxy) is 1. The highest BCUT2D eigenvalue weighted by Crippen LogP contribution is 2.25. The van der Waals surface area contributed by atoms with Crippen molar-refractivity contribution in [1.82, 2.24) is 10.0 Å². The van der Waals surface area contributed by atoms with Crippen LogP contribution in [0.5, 0.6) is 0 Å². The molecule has 2 fully saturated rings. The zero-order chi connectivity index (χ0) is 20.7.